The maximum atomic E-state index is 13.2. The van der Waals surface area contributed by atoms with Crippen LogP contribution in [0.25, 0.3) is 11.2 Å². The van der Waals surface area contributed by atoms with Crippen LogP contribution in [-0.4, -0.2) is 38.7 Å². The molecule has 0 bridgehead atoms. The summed E-state index contributed by atoms with van der Waals surface area (Å²) >= 11 is 0. The molecule has 29 heavy (non-hydrogen) atoms. The summed E-state index contributed by atoms with van der Waals surface area (Å²) in [4.78, 5) is 23.4. The van der Waals surface area contributed by atoms with Crippen LogP contribution < -0.4 is 11.1 Å². The van der Waals surface area contributed by atoms with Crippen molar-refractivity contribution >= 4 is 34.3 Å². The highest BCUT2D eigenvalue weighted by Crippen LogP contribution is 2.32. The summed E-state index contributed by atoms with van der Waals surface area (Å²) in [6.45, 7) is 1.72. The summed E-state index contributed by atoms with van der Waals surface area (Å²) in [6.07, 6.45) is 1.25. The number of alkyl halides is 3. The second-order valence-electron chi connectivity index (χ2n) is 6.44. The molecule has 0 saturated heterocycles. The number of nitrogens with zero attached hydrogens (tertiary/aromatic N) is 4. The third-order valence-electron chi connectivity index (χ3n) is 4.53. The first-order valence-corrected chi connectivity index (χ1v) is 8.58. The molecular weight excluding hydrogens is 385 g/mol. The van der Waals surface area contributed by atoms with Gasteiger partial charge in [-0.05, 0) is 30.7 Å². The van der Waals surface area contributed by atoms with Crippen LogP contribution in [0.4, 0.5) is 24.7 Å². The zero-order valence-corrected chi connectivity index (χ0v) is 15.2. The van der Waals surface area contributed by atoms with E-state index in [0.29, 0.717) is 28.3 Å². The fourth-order valence-corrected chi connectivity index (χ4v) is 3.24. The van der Waals surface area contributed by atoms with Crippen LogP contribution >= 0.6 is 0 Å². The fraction of sp³-hybridized carbons (Fsp3) is 0.158. The maximum Gasteiger partial charge on any atom is 0.433 e. The highest BCUT2D eigenvalue weighted by atomic mass is 19.4. The number of amides is 1. The Kier molecular flexibility index (Phi) is 4.33. The zero-order valence-electron chi connectivity index (χ0n) is 15.2. The van der Waals surface area contributed by atoms with Gasteiger partial charge in [-0.1, -0.05) is 6.08 Å². The van der Waals surface area contributed by atoms with E-state index in [4.69, 9.17) is 5.73 Å². The number of carbonyl (C=O) groups is 1. The zero-order chi connectivity index (χ0) is 20.8. The van der Waals surface area contributed by atoms with Crippen molar-refractivity contribution in [3.63, 3.8) is 0 Å². The van der Waals surface area contributed by atoms with Gasteiger partial charge in [-0.2, -0.15) is 13.2 Å². The first-order valence-electron chi connectivity index (χ1n) is 8.58. The summed E-state index contributed by atoms with van der Waals surface area (Å²) in [7, 11) is 0. The molecule has 10 heteroatoms. The Balaban J connectivity index is 1.71. The molecule has 0 aliphatic carbocycles. The highest BCUT2D eigenvalue weighted by Gasteiger charge is 2.40. The predicted molar refractivity (Wildman–Crippen MR) is 102 cm³/mol. The van der Waals surface area contributed by atoms with E-state index < -0.39 is 17.8 Å². The average Bonchev–Trinajstić information content (AvgIpc) is 3.28. The van der Waals surface area contributed by atoms with Gasteiger partial charge in [0.1, 0.15) is 5.71 Å². The molecule has 148 valence electrons. The van der Waals surface area contributed by atoms with E-state index in [1.165, 1.54) is 29.1 Å². The van der Waals surface area contributed by atoms with Gasteiger partial charge in [0.15, 0.2) is 11.5 Å². The third-order valence-corrected chi connectivity index (χ3v) is 4.53. The molecular formula is C19H15F3N6O. The van der Waals surface area contributed by atoms with Crippen LogP contribution in [0.2, 0.25) is 0 Å². The van der Waals surface area contributed by atoms with Gasteiger partial charge in [-0.15, -0.1) is 0 Å². The molecule has 1 aliphatic rings. The topological polar surface area (TPSA) is 97.7 Å². The molecule has 2 aromatic heterocycles. The number of halogens is 3. The van der Waals surface area contributed by atoms with Crippen molar-refractivity contribution < 1.29 is 18.0 Å². The minimum absolute atomic E-state index is 0.0104. The number of anilines is 2. The molecule has 3 aromatic rings. The number of aryl methyl sites for hydroxylation is 1. The van der Waals surface area contributed by atoms with Crippen molar-refractivity contribution in [2.24, 2.45) is 10.7 Å². The SMILES string of the molecule is Cc1cc(Nc2nccn3c(C4=CCN=C4C(F)(F)F)cnc23)ccc1C(N)=O. The Labute approximate surface area is 162 Å². The van der Waals surface area contributed by atoms with E-state index in [9.17, 15) is 18.0 Å². The monoisotopic (exact) mass is 400 g/mol. The molecule has 0 unspecified atom stereocenters. The molecule has 3 heterocycles. The third kappa shape index (κ3) is 3.33. The van der Waals surface area contributed by atoms with Crippen molar-refractivity contribution in [2.75, 3.05) is 11.9 Å². The number of hydrogen-bond donors (Lipinski definition) is 2. The Morgan fingerprint density at radius 1 is 1.28 bits per heavy atom. The molecule has 0 spiro atoms. The smallest absolute Gasteiger partial charge is 0.366 e. The Bertz CT molecular complexity index is 1190. The number of nitrogens with two attached hydrogens (primary N) is 1. The first-order chi connectivity index (χ1) is 13.8. The van der Waals surface area contributed by atoms with Crippen LogP contribution in [-0.2, 0) is 0 Å². The number of rotatable bonds is 4. The van der Waals surface area contributed by atoms with Gasteiger partial charge in [0.05, 0.1) is 18.4 Å². The van der Waals surface area contributed by atoms with Gasteiger partial charge in [0, 0.05) is 29.2 Å². The van der Waals surface area contributed by atoms with Crippen LogP contribution in [0.15, 0.2) is 47.9 Å². The second kappa shape index (κ2) is 6.73. The molecule has 1 aromatic carbocycles. The Hall–Kier alpha value is -3.69. The van der Waals surface area contributed by atoms with Gasteiger partial charge in [-0.3, -0.25) is 14.2 Å². The summed E-state index contributed by atoms with van der Waals surface area (Å²) in [5, 5.41) is 3.08. The number of benzene rings is 1. The van der Waals surface area contributed by atoms with E-state index in [2.05, 4.69) is 20.3 Å². The minimum atomic E-state index is -4.54. The van der Waals surface area contributed by atoms with Crippen molar-refractivity contribution in [1.82, 2.24) is 14.4 Å². The van der Waals surface area contributed by atoms with Gasteiger partial charge >= 0.3 is 6.18 Å². The number of allylic oxidation sites excluding steroid dienone is 1. The lowest BCUT2D eigenvalue weighted by Crippen LogP contribution is -2.23. The quantitative estimate of drug-likeness (QED) is 0.702. The van der Waals surface area contributed by atoms with Gasteiger partial charge in [0.2, 0.25) is 5.91 Å². The van der Waals surface area contributed by atoms with E-state index in [0.717, 1.165) is 0 Å². The Morgan fingerprint density at radius 3 is 2.76 bits per heavy atom. The van der Waals surface area contributed by atoms with E-state index in [1.54, 1.807) is 25.1 Å². The van der Waals surface area contributed by atoms with Crippen LogP contribution in [0.5, 0.6) is 0 Å². The van der Waals surface area contributed by atoms with Crippen molar-refractivity contribution in [1.29, 1.82) is 0 Å². The van der Waals surface area contributed by atoms with E-state index in [1.807, 2.05) is 0 Å². The minimum Gasteiger partial charge on any atom is -0.366 e. The lowest BCUT2D eigenvalue weighted by Gasteiger charge is -2.12. The number of hydrogen-bond acceptors (Lipinski definition) is 5. The van der Waals surface area contributed by atoms with Gasteiger partial charge in [-0.25, -0.2) is 9.97 Å². The molecule has 3 N–H and O–H groups in total. The Morgan fingerprint density at radius 2 is 2.07 bits per heavy atom. The van der Waals surface area contributed by atoms with E-state index >= 15 is 0 Å². The van der Waals surface area contributed by atoms with Crippen molar-refractivity contribution in [2.45, 2.75) is 13.1 Å². The fourth-order valence-electron chi connectivity index (χ4n) is 3.24. The number of fused-ring (bicyclic) bond motifs is 1. The summed E-state index contributed by atoms with van der Waals surface area (Å²) in [6, 6.07) is 4.98. The van der Waals surface area contributed by atoms with Crippen LogP contribution in [0.1, 0.15) is 21.6 Å². The molecule has 7 nitrogen and oxygen atoms in total. The molecule has 0 radical (unpaired) electrons. The first kappa shape index (κ1) is 18.7. The number of aliphatic imine (C=N–C) groups is 1. The summed E-state index contributed by atoms with van der Waals surface area (Å²) in [5.74, 6) is -0.173. The second-order valence-corrected chi connectivity index (χ2v) is 6.44. The largest absolute Gasteiger partial charge is 0.433 e. The molecule has 1 aliphatic heterocycles. The van der Waals surface area contributed by atoms with Crippen LogP contribution in [0.3, 0.4) is 0 Å². The standard InChI is InChI=1S/C19H15F3N6O/c1-10-8-11(2-3-12(10)16(23)29)27-17-18-26-9-14(28(18)7-6-25-17)13-4-5-24-15(13)19(20,21)22/h2-4,6-9H,5H2,1H3,(H2,23,29)(H,25,27). The van der Waals surface area contributed by atoms with Crippen molar-refractivity contribution in [3.8, 4) is 0 Å². The maximum absolute atomic E-state index is 13.2. The summed E-state index contributed by atoms with van der Waals surface area (Å²) in [5.41, 5.74) is 6.74. The molecule has 1 amide bonds. The normalized spacial score (nSPS) is 14.1. The van der Waals surface area contributed by atoms with Gasteiger partial charge < -0.3 is 11.1 Å². The lowest BCUT2D eigenvalue weighted by atomic mass is 10.1. The number of carbonyl (C=O) groups excluding carboxylic acids is 1. The van der Waals surface area contributed by atoms with Crippen LogP contribution in [0, 0.1) is 6.92 Å². The number of nitrogens with one attached hydrogen (secondary N) is 1. The number of aromatic nitrogens is 3. The van der Waals surface area contributed by atoms with Gasteiger partial charge in [0.25, 0.3) is 0 Å². The van der Waals surface area contributed by atoms with Crippen molar-refractivity contribution in [3.05, 3.63) is 59.7 Å². The molecule has 0 fully saturated rings. The molecule has 0 atom stereocenters. The number of primary amides is 1. The highest BCUT2D eigenvalue weighted by molar-refractivity contribution is 6.27. The van der Waals surface area contributed by atoms with E-state index in [-0.39, 0.29) is 17.8 Å². The average molecular weight is 400 g/mol. The predicted octanol–water partition coefficient (Wildman–Crippen LogP) is 3.28. The number of imidazole rings is 1. The molecule has 4 rings (SSSR count). The molecule has 0 saturated carbocycles. The summed E-state index contributed by atoms with van der Waals surface area (Å²) < 4.78 is 41.2. The lowest BCUT2D eigenvalue weighted by molar-refractivity contribution is -0.0571.